The van der Waals surface area contributed by atoms with E-state index in [1.165, 1.54) is 4.90 Å². The summed E-state index contributed by atoms with van der Waals surface area (Å²) in [6.45, 7) is 6.48. The fourth-order valence-corrected chi connectivity index (χ4v) is 6.43. The van der Waals surface area contributed by atoms with Crippen molar-refractivity contribution in [2.45, 2.75) is 70.7 Å². The number of amides is 3. The number of nitrogens with zero attached hydrogens (tertiary/aromatic N) is 4. The van der Waals surface area contributed by atoms with Crippen LogP contribution < -0.4 is 5.32 Å². The van der Waals surface area contributed by atoms with Crippen molar-refractivity contribution in [2.75, 3.05) is 13.1 Å². The van der Waals surface area contributed by atoms with Crippen molar-refractivity contribution < 1.29 is 19.5 Å². The van der Waals surface area contributed by atoms with Gasteiger partial charge in [0, 0.05) is 31.5 Å². The summed E-state index contributed by atoms with van der Waals surface area (Å²) in [7, 11) is 0. The van der Waals surface area contributed by atoms with Crippen molar-refractivity contribution in [2.24, 2.45) is 5.41 Å². The molecule has 9 heteroatoms. The highest BCUT2D eigenvalue weighted by molar-refractivity contribution is 6.05. The highest BCUT2D eigenvalue weighted by atomic mass is 16.3. The maximum atomic E-state index is 13.1. The molecule has 2 fully saturated rings. The number of carbonyl (C=O) groups excluding carboxylic acids is 3. The number of benzene rings is 1. The van der Waals surface area contributed by atoms with Crippen LogP contribution >= 0.6 is 0 Å². The molecule has 3 amide bonds. The van der Waals surface area contributed by atoms with Crippen molar-refractivity contribution in [3.8, 4) is 6.07 Å². The van der Waals surface area contributed by atoms with Gasteiger partial charge in [-0.05, 0) is 55.5 Å². The monoisotopic (exact) mass is 515 g/mol. The lowest BCUT2D eigenvalue weighted by atomic mass is 9.62. The second kappa shape index (κ2) is 9.93. The fourth-order valence-electron chi connectivity index (χ4n) is 6.43. The van der Waals surface area contributed by atoms with Gasteiger partial charge < -0.3 is 10.0 Å². The van der Waals surface area contributed by atoms with E-state index < -0.39 is 23.0 Å². The van der Waals surface area contributed by atoms with Gasteiger partial charge in [-0.2, -0.15) is 5.26 Å². The zero-order chi connectivity index (χ0) is 27.1. The lowest BCUT2D eigenvalue weighted by molar-refractivity contribution is -0.151. The minimum atomic E-state index is -1.17. The molecule has 0 spiro atoms. The van der Waals surface area contributed by atoms with Gasteiger partial charge in [0.15, 0.2) is 0 Å². The van der Waals surface area contributed by atoms with Crippen LogP contribution in [0.5, 0.6) is 0 Å². The standard InChI is InChI=1S/C29H33N5O4/c1-3-28(4-2)18-33(16-20-7-5-19(15-30)6-8-20)14-13-29(28,38)24-11-9-21-22(31-24)17-34(27(21)37)23-10-12-25(35)32-26(23)36/h5-9,11,23,38H,3-4,10,12-14,16-18H2,1-2H3,(H,32,35,36)/t23-,29+/m1/s1. The van der Waals surface area contributed by atoms with Gasteiger partial charge >= 0.3 is 0 Å². The Morgan fingerprint density at radius 2 is 1.87 bits per heavy atom. The molecule has 3 aliphatic rings. The van der Waals surface area contributed by atoms with Gasteiger partial charge in [-0.25, -0.2) is 0 Å². The number of carbonyl (C=O) groups is 3. The number of nitrogens with one attached hydrogen (secondary N) is 1. The molecule has 3 aliphatic heterocycles. The summed E-state index contributed by atoms with van der Waals surface area (Å²) in [5.41, 5.74) is 1.72. The average Bonchev–Trinajstić information content (AvgIpc) is 3.25. The molecule has 2 N–H and O–H groups in total. The predicted octanol–water partition coefficient (Wildman–Crippen LogP) is 2.61. The highest BCUT2D eigenvalue weighted by Gasteiger charge is 2.54. The Labute approximate surface area is 222 Å². The van der Waals surface area contributed by atoms with Crippen molar-refractivity contribution >= 4 is 17.7 Å². The largest absolute Gasteiger partial charge is 0.383 e. The lowest BCUT2D eigenvalue weighted by Crippen LogP contribution is -2.57. The topological polar surface area (TPSA) is 127 Å². The number of hydrogen-bond acceptors (Lipinski definition) is 7. The minimum Gasteiger partial charge on any atom is -0.383 e. The van der Waals surface area contributed by atoms with E-state index in [-0.39, 0.29) is 24.8 Å². The molecule has 0 unspecified atom stereocenters. The quantitative estimate of drug-likeness (QED) is 0.566. The molecule has 1 aromatic heterocycles. The van der Waals surface area contributed by atoms with Crippen LogP contribution in [0.25, 0.3) is 0 Å². The van der Waals surface area contributed by atoms with Crippen molar-refractivity contribution in [1.82, 2.24) is 20.1 Å². The molecule has 2 atom stereocenters. The van der Waals surface area contributed by atoms with Crippen LogP contribution in [0.4, 0.5) is 0 Å². The summed E-state index contributed by atoms with van der Waals surface area (Å²) >= 11 is 0. The van der Waals surface area contributed by atoms with E-state index in [1.54, 1.807) is 12.1 Å². The maximum absolute atomic E-state index is 13.1. The van der Waals surface area contributed by atoms with Crippen LogP contribution in [0.2, 0.25) is 0 Å². The van der Waals surface area contributed by atoms with Gasteiger partial charge in [0.1, 0.15) is 11.6 Å². The number of nitriles is 1. The van der Waals surface area contributed by atoms with E-state index in [4.69, 9.17) is 10.2 Å². The summed E-state index contributed by atoms with van der Waals surface area (Å²) in [6, 6.07) is 12.6. The Morgan fingerprint density at radius 1 is 1.13 bits per heavy atom. The van der Waals surface area contributed by atoms with Gasteiger partial charge in [0.25, 0.3) is 5.91 Å². The number of rotatable bonds is 6. The molecular formula is C29H33N5O4. The molecular weight excluding hydrogens is 482 g/mol. The Hall–Kier alpha value is -3.61. The third kappa shape index (κ3) is 4.28. The SMILES string of the molecule is CCC1(CC)CN(Cc2ccc(C#N)cc2)CC[C@]1(O)c1ccc2c(n1)CN([C@@H]1CCC(=O)NC1=O)C2=O. The van der Waals surface area contributed by atoms with Crippen molar-refractivity contribution in [1.29, 1.82) is 5.26 Å². The molecule has 0 aliphatic carbocycles. The Kier molecular flexibility index (Phi) is 6.80. The molecule has 0 radical (unpaired) electrons. The number of hydrogen-bond donors (Lipinski definition) is 2. The number of aliphatic hydroxyl groups is 1. The molecule has 1 aromatic carbocycles. The summed E-state index contributed by atoms with van der Waals surface area (Å²) in [5.74, 6) is -1.04. The third-order valence-corrected chi connectivity index (χ3v) is 8.83. The van der Waals surface area contributed by atoms with Crippen LogP contribution in [0, 0.1) is 16.7 Å². The molecule has 5 rings (SSSR count). The molecule has 4 heterocycles. The normalized spacial score (nSPS) is 25.2. The Morgan fingerprint density at radius 3 is 2.53 bits per heavy atom. The molecule has 0 bridgehead atoms. The number of fused-ring (bicyclic) bond motifs is 1. The van der Waals surface area contributed by atoms with Crippen LogP contribution in [-0.2, 0) is 28.3 Å². The van der Waals surface area contributed by atoms with Crippen LogP contribution in [0.15, 0.2) is 36.4 Å². The fraction of sp³-hybridized carbons (Fsp3) is 0.483. The minimum absolute atomic E-state index is 0.181. The summed E-state index contributed by atoms with van der Waals surface area (Å²) in [5, 5.41) is 23.7. The first-order valence-corrected chi connectivity index (χ1v) is 13.3. The summed E-state index contributed by atoms with van der Waals surface area (Å²) in [6.07, 6.45) is 2.50. The second-order valence-corrected chi connectivity index (χ2v) is 10.7. The third-order valence-electron chi connectivity index (χ3n) is 8.83. The van der Waals surface area contributed by atoms with Gasteiger partial charge in [0.2, 0.25) is 11.8 Å². The second-order valence-electron chi connectivity index (χ2n) is 10.7. The van der Waals surface area contributed by atoms with Gasteiger partial charge in [-0.3, -0.25) is 29.6 Å². The van der Waals surface area contributed by atoms with Crippen molar-refractivity contribution in [3.05, 3.63) is 64.5 Å². The Balaban J connectivity index is 1.38. The molecule has 9 nitrogen and oxygen atoms in total. The maximum Gasteiger partial charge on any atom is 0.256 e. The van der Waals surface area contributed by atoms with Crippen LogP contribution in [-0.4, -0.2) is 56.7 Å². The van der Waals surface area contributed by atoms with Crippen molar-refractivity contribution in [3.63, 3.8) is 0 Å². The number of piperidine rings is 2. The molecule has 2 saturated heterocycles. The van der Waals surface area contributed by atoms with E-state index >= 15 is 0 Å². The van der Waals surface area contributed by atoms with E-state index in [0.717, 1.165) is 24.9 Å². The van der Waals surface area contributed by atoms with E-state index in [9.17, 15) is 19.5 Å². The van der Waals surface area contributed by atoms with E-state index in [0.29, 0.717) is 48.4 Å². The molecule has 198 valence electrons. The first-order valence-electron chi connectivity index (χ1n) is 13.3. The van der Waals surface area contributed by atoms with Gasteiger partial charge in [-0.1, -0.05) is 26.0 Å². The number of pyridine rings is 1. The molecule has 2 aromatic rings. The van der Waals surface area contributed by atoms with Crippen LogP contribution in [0.3, 0.4) is 0 Å². The predicted molar refractivity (Wildman–Crippen MR) is 138 cm³/mol. The molecule has 38 heavy (non-hydrogen) atoms. The Bertz CT molecular complexity index is 1310. The number of likely N-dealkylation sites (tertiary alicyclic amines) is 1. The summed E-state index contributed by atoms with van der Waals surface area (Å²) < 4.78 is 0. The lowest BCUT2D eigenvalue weighted by Gasteiger charge is -2.53. The smallest absolute Gasteiger partial charge is 0.256 e. The first kappa shape index (κ1) is 26.0. The highest BCUT2D eigenvalue weighted by Crippen LogP contribution is 2.50. The zero-order valence-corrected chi connectivity index (χ0v) is 21.9. The summed E-state index contributed by atoms with van der Waals surface area (Å²) in [4.78, 5) is 45.8. The van der Waals surface area contributed by atoms with Crippen LogP contribution in [0.1, 0.15) is 78.8 Å². The van der Waals surface area contributed by atoms with Gasteiger partial charge in [-0.15, -0.1) is 0 Å². The van der Waals surface area contributed by atoms with E-state index in [2.05, 4.69) is 30.1 Å². The zero-order valence-electron chi connectivity index (χ0n) is 21.9. The molecule has 0 saturated carbocycles. The average molecular weight is 516 g/mol. The number of aromatic nitrogens is 1. The van der Waals surface area contributed by atoms with Gasteiger partial charge in [0.05, 0.1) is 35.1 Å². The van der Waals surface area contributed by atoms with E-state index in [1.807, 2.05) is 24.3 Å². The number of imide groups is 1. The first-order chi connectivity index (χ1) is 18.2.